The lowest BCUT2D eigenvalue weighted by Crippen LogP contribution is -2.32. The summed E-state index contributed by atoms with van der Waals surface area (Å²) in [5, 5.41) is 11.6. The minimum Gasteiger partial charge on any atom is -0.493 e. The Morgan fingerprint density at radius 2 is 1.85 bits per heavy atom. The molecule has 170 valence electrons. The van der Waals surface area contributed by atoms with Crippen molar-refractivity contribution in [2.24, 2.45) is 0 Å². The van der Waals surface area contributed by atoms with Gasteiger partial charge in [-0.3, -0.25) is 9.59 Å². The molecule has 4 aromatic rings. The van der Waals surface area contributed by atoms with Crippen LogP contribution in [-0.4, -0.2) is 52.2 Å². The highest BCUT2D eigenvalue weighted by atomic mass is 32.2. The van der Waals surface area contributed by atoms with Gasteiger partial charge < -0.3 is 14.4 Å². The predicted octanol–water partition coefficient (Wildman–Crippen LogP) is 3.25. The molecule has 0 saturated carbocycles. The number of para-hydroxylation sites is 1. The average molecular weight is 466 g/mol. The second-order valence-corrected chi connectivity index (χ2v) is 7.94. The van der Waals surface area contributed by atoms with E-state index in [1.54, 1.807) is 37.3 Å². The number of aromatic nitrogens is 4. The molecular formula is C23H23N5O4S. The number of anilines is 1. The Kier molecular flexibility index (Phi) is 6.64. The van der Waals surface area contributed by atoms with Gasteiger partial charge in [0.2, 0.25) is 11.1 Å². The average Bonchev–Trinajstić information content (AvgIpc) is 3.31. The number of ether oxygens (including phenoxy) is 2. The molecule has 0 spiro atoms. The molecule has 1 amide bonds. The van der Waals surface area contributed by atoms with E-state index in [9.17, 15) is 9.59 Å². The Morgan fingerprint density at radius 1 is 1.09 bits per heavy atom. The van der Waals surface area contributed by atoms with Crippen LogP contribution in [0.2, 0.25) is 0 Å². The van der Waals surface area contributed by atoms with Crippen LogP contribution in [0.15, 0.2) is 64.5 Å². The molecule has 0 aliphatic carbocycles. The van der Waals surface area contributed by atoms with Gasteiger partial charge in [0, 0.05) is 17.8 Å². The standard InChI is InChI=1S/C23H23N5O4S/c1-4-27(16-8-6-5-7-9-16)21(29)14-33-23-25-24-22(30)18-13-17(26-28(18)23)15-10-11-19(31-2)20(12-15)32-3/h5-13H,4,14H2,1-3H3,(H,24,30). The molecule has 2 aromatic carbocycles. The van der Waals surface area contributed by atoms with Gasteiger partial charge in [-0.1, -0.05) is 30.0 Å². The van der Waals surface area contributed by atoms with Crippen LogP contribution in [0.25, 0.3) is 16.8 Å². The fraction of sp³-hybridized carbons (Fsp3) is 0.217. The maximum absolute atomic E-state index is 12.9. The molecular weight excluding hydrogens is 442 g/mol. The Labute approximate surface area is 194 Å². The number of thioether (sulfide) groups is 1. The molecule has 0 aliphatic heterocycles. The van der Waals surface area contributed by atoms with E-state index in [2.05, 4.69) is 15.3 Å². The van der Waals surface area contributed by atoms with Crippen LogP contribution < -0.4 is 19.9 Å². The Bertz CT molecular complexity index is 1340. The van der Waals surface area contributed by atoms with E-state index in [0.717, 1.165) is 11.3 Å². The third-order valence-corrected chi connectivity index (χ3v) is 5.98. The van der Waals surface area contributed by atoms with Crippen molar-refractivity contribution in [3.05, 3.63) is 65.0 Å². The topological polar surface area (TPSA) is 102 Å². The summed E-state index contributed by atoms with van der Waals surface area (Å²) in [7, 11) is 3.12. The third-order valence-electron chi connectivity index (χ3n) is 5.07. The van der Waals surface area contributed by atoms with E-state index >= 15 is 0 Å². The fourth-order valence-corrected chi connectivity index (χ4v) is 4.22. The molecule has 0 fully saturated rings. The van der Waals surface area contributed by atoms with Crippen LogP contribution in [0.5, 0.6) is 11.5 Å². The quantitative estimate of drug-likeness (QED) is 0.399. The maximum Gasteiger partial charge on any atom is 0.290 e. The molecule has 2 aromatic heterocycles. The maximum atomic E-state index is 12.9. The number of aromatic amines is 1. The van der Waals surface area contributed by atoms with Crippen LogP contribution in [0.1, 0.15) is 6.92 Å². The number of methoxy groups -OCH3 is 2. The van der Waals surface area contributed by atoms with E-state index in [4.69, 9.17) is 9.47 Å². The van der Waals surface area contributed by atoms with Crippen molar-refractivity contribution >= 4 is 28.9 Å². The summed E-state index contributed by atoms with van der Waals surface area (Å²) in [4.78, 5) is 26.9. The number of hydrogen-bond donors (Lipinski definition) is 1. The summed E-state index contributed by atoms with van der Waals surface area (Å²) >= 11 is 1.21. The lowest BCUT2D eigenvalue weighted by molar-refractivity contribution is -0.116. The zero-order chi connectivity index (χ0) is 23.4. The van der Waals surface area contributed by atoms with Gasteiger partial charge in [0.1, 0.15) is 5.52 Å². The smallest absolute Gasteiger partial charge is 0.290 e. The third kappa shape index (κ3) is 4.56. The van der Waals surface area contributed by atoms with Gasteiger partial charge in [-0.2, -0.15) is 5.10 Å². The first kappa shape index (κ1) is 22.4. The van der Waals surface area contributed by atoms with Gasteiger partial charge >= 0.3 is 0 Å². The molecule has 0 radical (unpaired) electrons. The number of nitrogens with zero attached hydrogens (tertiary/aromatic N) is 4. The first-order valence-electron chi connectivity index (χ1n) is 10.2. The normalized spacial score (nSPS) is 10.9. The molecule has 9 nitrogen and oxygen atoms in total. The fourth-order valence-electron chi connectivity index (χ4n) is 3.44. The Balaban J connectivity index is 1.62. The Hall–Kier alpha value is -3.79. The summed E-state index contributed by atoms with van der Waals surface area (Å²) in [6, 6.07) is 16.6. The monoisotopic (exact) mass is 465 g/mol. The molecule has 0 bridgehead atoms. The van der Waals surface area contributed by atoms with Gasteiger partial charge in [-0.05, 0) is 43.3 Å². The van der Waals surface area contributed by atoms with Crippen LogP contribution in [0.4, 0.5) is 5.69 Å². The van der Waals surface area contributed by atoms with Gasteiger partial charge in [0.05, 0.1) is 25.7 Å². The molecule has 4 rings (SSSR count). The predicted molar refractivity (Wildman–Crippen MR) is 127 cm³/mol. The molecule has 10 heteroatoms. The van der Waals surface area contributed by atoms with E-state index in [1.807, 2.05) is 43.3 Å². The lowest BCUT2D eigenvalue weighted by atomic mass is 10.1. The number of hydrogen-bond acceptors (Lipinski definition) is 7. The first-order chi connectivity index (χ1) is 16.0. The molecule has 0 unspecified atom stereocenters. The van der Waals surface area contributed by atoms with Crippen molar-refractivity contribution in [1.82, 2.24) is 19.8 Å². The molecule has 0 atom stereocenters. The first-order valence-corrected chi connectivity index (χ1v) is 11.2. The largest absolute Gasteiger partial charge is 0.493 e. The van der Waals surface area contributed by atoms with E-state index in [0.29, 0.717) is 34.4 Å². The minimum absolute atomic E-state index is 0.0675. The highest BCUT2D eigenvalue weighted by Crippen LogP contribution is 2.32. The summed E-state index contributed by atoms with van der Waals surface area (Å²) in [5.41, 5.74) is 2.12. The summed E-state index contributed by atoms with van der Waals surface area (Å²) in [5.74, 6) is 1.22. The molecule has 0 aliphatic rings. The molecule has 0 saturated heterocycles. The van der Waals surface area contributed by atoms with Crippen molar-refractivity contribution in [2.45, 2.75) is 12.1 Å². The molecule has 33 heavy (non-hydrogen) atoms. The van der Waals surface area contributed by atoms with Crippen molar-refractivity contribution < 1.29 is 14.3 Å². The minimum atomic E-state index is -0.371. The van der Waals surface area contributed by atoms with Crippen molar-refractivity contribution in [3.8, 4) is 22.8 Å². The van der Waals surface area contributed by atoms with E-state index in [1.165, 1.54) is 16.3 Å². The molecule has 2 heterocycles. The number of amides is 1. The Morgan fingerprint density at radius 3 is 2.55 bits per heavy atom. The highest BCUT2D eigenvalue weighted by molar-refractivity contribution is 7.99. The zero-order valence-electron chi connectivity index (χ0n) is 18.4. The number of carbonyl (C=O) groups is 1. The van der Waals surface area contributed by atoms with Crippen LogP contribution >= 0.6 is 11.8 Å². The second kappa shape index (κ2) is 9.78. The van der Waals surface area contributed by atoms with Crippen molar-refractivity contribution in [1.29, 1.82) is 0 Å². The summed E-state index contributed by atoms with van der Waals surface area (Å²) in [6.07, 6.45) is 0. The molecule has 1 N–H and O–H groups in total. The van der Waals surface area contributed by atoms with Crippen molar-refractivity contribution in [3.63, 3.8) is 0 Å². The van der Waals surface area contributed by atoms with Crippen molar-refractivity contribution in [2.75, 3.05) is 31.4 Å². The van der Waals surface area contributed by atoms with Gasteiger partial charge in [0.15, 0.2) is 11.5 Å². The number of nitrogens with one attached hydrogen (secondary N) is 1. The van der Waals surface area contributed by atoms with Gasteiger partial charge in [0.25, 0.3) is 5.56 Å². The number of H-pyrrole nitrogens is 1. The number of benzene rings is 2. The lowest BCUT2D eigenvalue weighted by Gasteiger charge is -2.20. The van der Waals surface area contributed by atoms with Crippen LogP contribution in [0, 0.1) is 0 Å². The number of fused-ring (bicyclic) bond motifs is 1. The van der Waals surface area contributed by atoms with Crippen LogP contribution in [0.3, 0.4) is 0 Å². The van der Waals surface area contributed by atoms with E-state index in [-0.39, 0.29) is 17.2 Å². The van der Waals surface area contributed by atoms with Crippen LogP contribution in [-0.2, 0) is 4.79 Å². The number of rotatable bonds is 8. The second-order valence-electron chi connectivity index (χ2n) is 6.99. The zero-order valence-corrected chi connectivity index (χ0v) is 19.3. The SMILES string of the molecule is CCN(C(=O)CSc1n[nH]c(=O)c2cc(-c3ccc(OC)c(OC)c3)nn12)c1ccccc1. The summed E-state index contributed by atoms with van der Waals surface area (Å²) in [6.45, 7) is 2.47. The summed E-state index contributed by atoms with van der Waals surface area (Å²) < 4.78 is 12.1. The van der Waals surface area contributed by atoms with Gasteiger partial charge in [-0.25, -0.2) is 9.61 Å². The number of carbonyl (C=O) groups excluding carboxylic acids is 1. The van der Waals surface area contributed by atoms with Gasteiger partial charge in [-0.15, -0.1) is 5.10 Å². The highest BCUT2D eigenvalue weighted by Gasteiger charge is 2.18. The van der Waals surface area contributed by atoms with E-state index < -0.39 is 0 Å².